The van der Waals surface area contributed by atoms with Crippen molar-refractivity contribution in [3.63, 3.8) is 0 Å². The maximum absolute atomic E-state index is 13.1. The number of nitrogens with two attached hydrogens (primary N) is 1. The van der Waals surface area contributed by atoms with Gasteiger partial charge >= 0.3 is 0 Å². The van der Waals surface area contributed by atoms with Crippen molar-refractivity contribution < 1.29 is 4.39 Å². The molecule has 0 spiro atoms. The molecule has 0 aromatic carbocycles. The SMILES string of the molecule is CSC1(CN)CCN(Cc2cncc(F)c2)CC1. The zero-order valence-electron chi connectivity index (χ0n) is 10.7. The molecule has 0 amide bonds. The van der Waals surface area contributed by atoms with Gasteiger partial charge in [-0.1, -0.05) is 0 Å². The fourth-order valence-corrected chi connectivity index (χ4v) is 3.17. The van der Waals surface area contributed by atoms with Crippen LogP contribution in [0.4, 0.5) is 4.39 Å². The molecule has 0 radical (unpaired) electrons. The number of rotatable bonds is 4. The lowest BCUT2D eigenvalue weighted by Crippen LogP contribution is -2.46. The molecule has 0 aliphatic carbocycles. The van der Waals surface area contributed by atoms with Gasteiger partial charge in [-0.2, -0.15) is 11.8 Å². The number of piperidine rings is 1. The van der Waals surface area contributed by atoms with Crippen molar-refractivity contribution in [2.75, 3.05) is 25.9 Å². The van der Waals surface area contributed by atoms with Crippen molar-refractivity contribution >= 4 is 11.8 Å². The predicted molar refractivity (Wildman–Crippen MR) is 74.0 cm³/mol. The van der Waals surface area contributed by atoms with Crippen molar-refractivity contribution in [1.29, 1.82) is 0 Å². The van der Waals surface area contributed by atoms with Crippen LogP contribution in [0, 0.1) is 5.82 Å². The van der Waals surface area contributed by atoms with E-state index < -0.39 is 0 Å². The van der Waals surface area contributed by atoms with E-state index in [4.69, 9.17) is 5.73 Å². The highest BCUT2D eigenvalue weighted by Gasteiger charge is 2.32. The summed E-state index contributed by atoms with van der Waals surface area (Å²) in [5.74, 6) is -0.259. The highest BCUT2D eigenvalue weighted by Crippen LogP contribution is 2.33. The lowest BCUT2D eigenvalue weighted by atomic mass is 9.95. The lowest BCUT2D eigenvalue weighted by Gasteiger charge is -2.40. The molecule has 5 heteroatoms. The number of thioether (sulfide) groups is 1. The molecule has 2 N–H and O–H groups in total. The van der Waals surface area contributed by atoms with Crippen molar-refractivity contribution in [2.24, 2.45) is 5.73 Å². The molecular formula is C13H20FN3S. The summed E-state index contributed by atoms with van der Waals surface area (Å²) in [6, 6.07) is 1.56. The summed E-state index contributed by atoms with van der Waals surface area (Å²) >= 11 is 1.88. The van der Waals surface area contributed by atoms with Gasteiger partial charge in [-0.3, -0.25) is 9.88 Å². The highest BCUT2D eigenvalue weighted by molar-refractivity contribution is 8.00. The first-order valence-corrected chi connectivity index (χ1v) is 7.47. The van der Waals surface area contributed by atoms with E-state index in [0.717, 1.165) is 44.6 Å². The summed E-state index contributed by atoms with van der Waals surface area (Å²) in [4.78, 5) is 6.23. The molecular weight excluding hydrogens is 249 g/mol. The monoisotopic (exact) mass is 269 g/mol. The van der Waals surface area contributed by atoms with E-state index in [1.165, 1.54) is 6.20 Å². The number of likely N-dealkylation sites (tertiary alicyclic amines) is 1. The number of pyridine rings is 1. The van der Waals surface area contributed by atoms with Gasteiger partial charge in [-0.15, -0.1) is 0 Å². The number of hydrogen-bond acceptors (Lipinski definition) is 4. The third kappa shape index (κ3) is 3.22. The topological polar surface area (TPSA) is 42.1 Å². The van der Waals surface area contributed by atoms with Crippen LogP contribution in [0.15, 0.2) is 18.5 Å². The quantitative estimate of drug-likeness (QED) is 0.906. The number of halogens is 1. The molecule has 1 aromatic rings. The van der Waals surface area contributed by atoms with E-state index in [9.17, 15) is 4.39 Å². The molecule has 0 atom stereocenters. The van der Waals surface area contributed by atoms with Crippen molar-refractivity contribution in [3.05, 3.63) is 29.8 Å². The Morgan fingerprint density at radius 2 is 2.17 bits per heavy atom. The van der Waals surface area contributed by atoms with Crippen molar-refractivity contribution in [1.82, 2.24) is 9.88 Å². The van der Waals surface area contributed by atoms with Crippen LogP contribution in [-0.2, 0) is 6.54 Å². The maximum atomic E-state index is 13.1. The Morgan fingerprint density at radius 3 is 2.72 bits per heavy atom. The van der Waals surface area contributed by atoms with Gasteiger partial charge in [0, 0.05) is 24.0 Å². The van der Waals surface area contributed by atoms with E-state index >= 15 is 0 Å². The van der Waals surface area contributed by atoms with Crippen LogP contribution in [0.5, 0.6) is 0 Å². The third-order valence-corrected chi connectivity index (χ3v) is 5.18. The second-order valence-corrected chi connectivity index (χ2v) is 6.15. The lowest BCUT2D eigenvalue weighted by molar-refractivity contribution is 0.194. The van der Waals surface area contributed by atoms with E-state index in [1.54, 1.807) is 12.3 Å². The van der Waals surface area contributed by atoms with Crippen LogP contribution in [-0.4, -0.2) is 40.5 Å². The first-order valence-electron chi connectivity index (χ1n) is 6.24. The smallest absolute Gasteiger partial charge is 0.141 e. The molecule has 0 bridgehead atoms. The van der Waals surface area contributed by atoms with E-state index in [-0.39, 0.29) is 10.6 Å². The molecule has 1 aromatic heterocycles. The molecule has 0 unspecified atom stereocenters. The molecule has 2 rings (SSSR count). The van der Waals surface area contributed by atoms with Gasteiger partial charge in [0.1, 0.15) is 5.82 Å². The summed E-state index contributed by atoms with van der Waals surface area (Å²) < 4.78 is 13.3. The molecule has 0 saturated carbocycles. The van der Waals surface area contributed by atoms with Gasteiger partial charge in [0.15, 0.2) is 0 Å². The van der Waals surface area contributed by atoms with Gasteiger partial charge in [-0.05, 0) is 43.8 Å². The Hall–Kier alpha value is -0.650. The number of hydrogen-bond donors (Lipinski definition) is 1. The molecule has 100 valence electrons. The highest BCUT2D eigenvalue weighted by atomic mass is 32.2. The fourth-order valence-electron chi connectivity index (χ4n) is 2.41. The molecule has 3 nitrogen and oxygen atoms in total. The molecule has 1 aliphatic rings. The molecule has 1 fully saturated rings. The zero-order valence-corrected chi connectivity index (χ0v) is 11.5. The van der Waals surface area contributed by atoms with Gasteiger partial charge in [0.25, 0.3) is 0 Å². The zero-order chi connectivity index (χ0) is 13.0. The van der Waals surface area contributed by atoms with E-state index in [2.05, 4.69) is 16.1 Å². The van der Waals surface area contributed by atoms with Crippen LogP contribution < -0.4 is 5.73 Å². The minimum Gasteiger partial charge on any atom is -0.329 e. The van der Waals surface area contributed by atoms with Crippen LogP contribution in [0.2, 0.25) is 0 Å². The van der Waals surface area contributed by atoms with Crippen molar-refractivity contribution in [3.8, 4) is 0 Å². The standard InChI is InChI=1S/C13H20FN3S/c1-18-13(10-15)2-4-17(5-3-13)9-11-6-12(14)8-16-7-11/h6-8H,2-5,9-10,15H2,1H3. The minimum absolute atomic E-state index is 0.247. The Kier molecular flexibility index (Phi) is 4.59. The van der Waals surface area contributed by atoms with Crippen LogP contribution in [0.25, 0.3) is 0 Å². The summed E-state index contributed by atoms with van der Waals surface area (Å²) in [5.41, 5.74) is 6.81. The summed E-state index contributed by atoms with van der Waals surface area (Å²) in [6.07, 6.45) is 7.33. The summed E-state index contributed by atoms with van der Waals surface area (Å²) in [5, 5.41) is 0. The Morgan fingerprint density at radius 1 is 1.44 bits per heavy atom. The van der Waals surface area contributed by atoms with Gasteiger partial charge in [-0.25, -0.2) is 4.39 Å². The number of aromatic nitrogens is 1. The first-order chi connectivity index (χ1) is 8.67. The van der Waals surface area contributed by atoms with Gasteiger partial charge < -0.3 is 5.73 Å². The number of nitrogens with zero attached hydrogens (tertiary/aromatic N) is 2. The first kappa shape index (κ1) is 13.8. The average Bonchev–Trinajstić information content (AvgIpc) is 2.40. The maximum Gasteiger partial charge on any atom is 0.141 e. The Bertz CT molecular complexity index is 386. The second-order valence-electron chi connectivity index (χ2n) is 4.88. The fraction of sp³-hybridized carbons (Fsp3) is 0.615. The summed E-state index contributed by atoms with van der Waals surface area (Å²) in [7, 11) is 0. The summed E-state index contributed by atoms with van der Waals surface area (Å²) in [6.45, 7) is 3.56. The van der Waals surface area contributed by atoms with Crippen LogP contribution in [0.3, 0.4) is 0 Å². The molecule has 18 heavy (non-hydrogen) atoms. The Labute approximate surface area is 112 Å². The van der Waals surface area contributed by atoms with Crippen molar-refractivity contribution in [2.45, 2.75) is 24.1 Å². The Balaban J connectivity index is 1.91. The molecule has 2 heterocycles. The predicted octanol–water partition coefficient (Wildman–Crippen LogP) is 1.88. The molecule has 1 saturated heterocycles. The molecule has 1 aliphatic heterocycles. The van der Waals surface area contributed by atoms with Crippen LogP contribution >= 0.6 is 11.8 Å². The van der Waals surface area contributed by atoms with E-state index in [1.807, 2.05) is 11.8 Å². The van der Waals surface area contributed by atoms with Gasteiger partial charge in [0.2, 0.25) is 0 Å². The largest absolute Gasteiger partial charge is 0.329 e. The minimum atomic E-state index is -0.259. The van der Waals surface area contributed by atoms with Crippen LogP contribution in [0.1, 0.15) is 18.4 Å². The van der Waals surface area contributed by atoms with Gasteiger partial charge in [0.05, 0.1) is 6.20 Å². The van der Waals surface area contributed by atoms with E-state index in [0.29, 0.717) is 0 Å². The third-order valence-electron chi connectivity index (χ3n) is 3.74. The normalized spacial score (nSPS) is 19.9. The average molecular weight is 269 g/mol. The second kappa shape index (κ2) is 5.99.